The van der Waals surface area contributed by atoms with Gasteiger partial charge in [-0.05, 0) is 17.7 Å². The van der Waals surface area contributed by atoms with Crippen LogP contribution in [0.1, 0.15) is 18.4 Å². The molecule has 0 unspecified atom stereocenters. The molecule has 1 aromatic rings. The molecule has 0 aliphatic heterocycles. The Balaban J connectivity index is 2.25. The Labute approximate surface area is 101 Å². The van der Waals surface area contributed by atoms with Crippen molar-refractivity contribution in [2.75, 3.05) is 20.8 Å². The summed E-state index contributed by atoms with van der Waals surface area (Å²) in [5.74, 6) is -0.797. The van der Waals surface area contributed by atoms with E-state index in [0.717, 1.165) is 5.56 Å². The summed E-state index contributed by atoms with van der Waals surface area (Å²) in [7, 11) is 3.24. The SMILES string of the molecule is COC1(OC)CC(CN)(c2cccc(F)c2)C1. The van der Waals surface area contributed by atoms with Crippen molar-refractivity contribution >= 4 is 0 Å². The van der Waals surface area contributed by atoms with Gasteiger partial charge in [0.2, 0.25) is 0 Å². The average molecular weight is 239 g/mol. The Kier molecular flexibility index (Phi) is 3.21. The zero-order valence-corrected chi connectivity index (χ0v) is 10.2. The number of hydrogen-bond donors (Lipinski definition) is 1. The number of nitrogens with two attached hydrogens (primary N) is 1. The Morgan fingerprint density at radius 2 is 1.94 bits per heavy atom. The first-order valence-electron chi connectivity index (χ1n) is 5.66. The molecule has 0 amide bonds. The predicted octanol–water partition coefficient (Wildman–Crippen LogP) is 1.81. The van der Waals surface area contributed by atoms with Gasteiger partial charge < -0.3 is 15.2 Å². The summed E-state index contributed by atoms with van der Waals surface area (Å²) in [6.45, 7) is 0.463. The standard InChI is InChI=1S/C13H18FNO2/c1-16-13(17-2)7-12(8-13,9-15)10-4-3-5-11(14)6-10/h3-6H,7-9,15H2,1-2H3. The van der Waals surface area contributed by atoms with Crippen LogP contribution in [0.2, 0.25) is 0 Å². The average Bonchev–Trinajstić information content (AvgIpc) is 2.30. The van der Waals surface area contributed by atoms with Gasteiger partial charge in [-0.25, -0.2) is 4.39 Å². The van der Waals surface area contributed by atoms with Crippen molar-refractivity contribution in [3.63, 3.8) is 0 Å². The molecule has 17 heavy (non-hydrogen) atoms. The monoisotopic (exact) mass is 239 g/mol. The van der Waals surface area contributed by atoms with Gasteiger partial charge in [-0.2, -0.15) is 0 Å². The molecule has 2 N–H and O–H groups in total. The molecule has 0 aromatic heterocycles. The van der Waals surface area contributed by atoms with Crippen molar-refractivity contribution in [3.05, 3.63) is 35.6 Å². The maximum Gasteiger partial charge on any atom is 0.169 e. The molecule has 1 aliphatic rings. The summed E-state index contributed by atoms with van der Waals surface area (Å²) in [5.41, 5.74) is 6.54. The number of rotatable bonds is 4. The van der Waals surface area contributed by atoms with Crippen molar-refractivity contribution < 1.29 is 13.9 Å². The van der Waals surface area contributed by atoms with Gasteiger partial charge in [-0.3, -0.25) is 0 Å². The summed E-state index contributed by atoms with van der Waals surface area (Å²) in [6.07, 6.45) is 1.32. The van der Waals surface area contributed by atoms with Crippen LogP contribution < -0.4 is 5.73 Å². The van der Waals surface area contributed by atoms with Crippen molar-refractivity contribution in [2.24, 2.45) is 5.73 Å². The van der Waals surface area contributed by atoms with E-state index in [1.54, 1.807) is 26.4 Å². The molecule has 0 radical (unpaired) electrons. The van der Waals surface area contributed by atoms with Crippen LogP contribution in [0.5, 0.6) is 0 Å². The lowest BCUT2D eigenvalue weighted by Gasteiger charge is -2.54. The second-order valence-corrected chi connectivity index (χ2v) is 4.67. The van der Waals surface area contributed by atoms with Crippen LogP contribution >= 0.6 is 0 Å². The molecule has 0 bridgehead atoms. The van der Waals surface area contributed by atoms with Gasteiger partial charge in [-0.1, -0.05) is 12.1 Å². The highest BCUT2D eigenvalue weighted by atomic mass is 19.1. The van der Waals surface area contributed by atoms with E-state index in [0.29, 0.717) is 19.4 Å². The van der Waals surface area contributed by atoms with Crippen LogP contribution in [0, 0.1) is 5.82 Å². The first kappa shape index (κ1) is 12.5. The van der Waals surface area contributed by atoms with Crippen LogP contribution in [-0.4, -0.2) is 26.6 Å². The van der Waals surface area contributed by atoms with Crippen LogP contribution in [0.25, 0.3) is 0 Å². The molecule has 0 atom stereocenters. The van der Waals surface area contributed by atoms with Gasteiger partial charge in [0.15, 0.2) is 5.79 Å². The number of halogens is 1. The van der Waals surface area contributed by atoms with E-state index < -0.39 is 5.79 Å². The molecule has 3 nitrogen and oxygen atoms in total. The van der Waals surface area contributed by atoms with Gasteiger partial charge in [0.05, 0.1) is 0 Å². The highest BCUT2D eigenvalue weighted by Crippen LogP contribution is 2.51. The fourth-order valence-corrected chi connectivity index (χ4v) is 2.64. The third-order valence-corrected chi connectivity index (χ3v) is 3.79. The second-order valence-electron chi connectivity index (χ2n) is 4.67. The van der Waals surface area contributed by atoms with E-state index in [4.69, 9.17) is 15.2 Å². The molecule has 1 fully saturated rings. The van der Waals surface area contributed by atoms with Crippen molar-refractivity contribution in [2.45, 2.75) is 24.0 Å². The molecule has 1 aromatic carbocycles. The molecule has 0 saturated heterocycles. The number of methoxy groups -OCH3 is 2. The Hall–Kier alpha value is -0.970. The second kappa shape index (κ2) is 4.37. The van der Waals surface area contributed by atoms with Gasteiger partial charge in [0.25, 0.3) is 0 Å². The topological polar surface area (TPSA) is 44.5 Å². The molecule has 0 heterocycles. The van der Waals surface area contributed by atoms with Crippen LogP contribution in [-0.2, 0) is 14.9 Å². The van der Waals surface area contributed by atoms with Crippen LogP contribution in [0.15, 0.2) is 24.3 Å². The fourth-order valence-electron chi connectivity index (χ4n) is 2.64. The largest absolute Gasteiger partial charge is 0.353 e. The quantitative estimate of drug-likeness (QED) is 0.815. The molecular formula is C13H18FNO2. The molecular weight excluding hydrogens is 221 g/mol. The minimum Gasteiger partial charge on any atom is -0.353 e. The van der Waals surface area contributed by atoms with E-state index in [2.05, 4.69) is 0 Å². The first-order valence-corrected chi connectivity index (χ1v) is 5.66. The van der Waals surface area contributed by atoms with Crippen LogP contribution in [0.4, 0.5) is 4.39 Å². The fraction of sp³-hybridized carbons (Fsp3) is 0.538. The maximum absolute atomic E-state index is 13.2. The molecule has 4 heteroatoms. The predicted molar refractivity (Wildman–Crippen MR) is 63.1 cm³/mol. The van der Waals surface area contributed by atoms with Crippen LogP contribution in [0.3, 0.4) is 0 Å². The van der Waals surface area contributed by atoms with E-state index in [1.807, 2.05) is 6.07 Å². The van der Waals surface area contributed by atoms with Crippen molar-refractivity contribution in [3.8, 4) is 0 Å². The van der Waals surface area contributed by atoms with Gasteiger partial charge in [0.1, 0.15) is 5.82 Å². The summed E-state index contributed by atoms with van der Waals surface area (Å²) >= 11 is 0. The lowest BCUT2D eigenvalue weighted by atomic mass is 9.60. The summed E-state index contributed by atoms with van der Waals surface area (Å²) in [6, 6.07) is 6.60. The first-order chi connectivity index (χ1) is 8.10. The van der Waals surface area contributed by atoms with E-state index >= 15 is 0 Å². The Morgan fingerprint density at radius 3 is 2.41 bits per heavy atom. The minimum absolute atomic E-state index is 0.228. The lowest BCUT2D eigenvalue weighted by molar-refractivity contribution is -0.277. The zero-order valence-electron chi connectivity index (χ0n) is 10.2. The highest BCUT2D eigenvalue weighted by Gasteiger charge is 2.56. The number of ether oxygens (including phenoxy) is 2. The smallest absolute Gasteiger partial charge is 0.169 e. The zero-order chi connectivity index (χ0) is 12.5. The van der Waals surface area contributed by atoms with E-state index in [1.165, 1.54) is 6.07 Å². The van der Waals surface area contributed by atoms with Crippen molar-refractivity contribution in [1.82, 2.24) is 0 Å². The van der Waals surface area contributed by atoms with E-state index in [9.17, 15) is 4.39 Å². The molecule has 94 valence electrons. The third-order valence-electron chi connectivity index (χ3n) is 3.79. The molecule has 1 aliphatic carbocycles. The molecule has 0 spiro atoms. The summed E-state index contributed by atoms with van der Waals surface area (Å²) < 4.78 is 24.0. The number of hydrogen-bond acceptors (Lipinski definition) is 3. The van der Waals surface area contributed by atoms with E-state index in [-0.39, 0.29) is 11.2 Å². The molecule has 1 saturated carbocycles. The third kappa shape index (κ3) is 1.97. The van der Waals surface area contributed by atoms with Gasteiger partial charge in [0, 0.05) is 39.0 Å². The Bertz CT molecular complexity index is 396. The van der Waals surface area contributed by atoms with Gasteiger partial charge >= 0.3 is 0 Å². The summed E-state index contributed by atoms with van der Waals surface area (Å²) in [5, 5.41) is 0. The van der Waals surface area contributed by atoms with Gasteiger partial charge in [-0.15, -0.1) is 0 Å². The number of benzene rings is 1. The normalized spacial score (nSPS) is 20.9. The minimum atomic E-state index is -0.564. The lowest BCUT2D eigenvalue weighted by Crippen LogP contribution is -2.60. The molecule has 2 rings (SSSR count). The Morgan fingerprint density at radius 1 is 1.29 bits per heavy atom. The highest BCUT2D eigenvalue weighted by molar-refractivity contribution is 5.31. The summed E-state index contributed by atoms with van der Waals surface area (Å²) in [4.78, 5) is 0. The van der Waals surface area contributed by atoms with Crippen molar-refractivity contribution in [1.29, 1.82) is 0 Å². The maximum atomic E-state index is 13.2.